The minimum absolute atomic E-state index is 0.479. The Morgan fingerprint density at radius 3 is 2.58 bits per heavy atom. The molecule has 0 bridgehead atoms. The molecular formula is C13H15BrN2O3. The van der Waals surface area contributed by atoms with Crippen molar-refractivity contribution in [3.05, 3.63) is 28.2 Å². The van der Waals surface area contributed by atoms with Crippen LogP contribution in [-0.2, 0) is 4.79 Å². The van der Waals surface area contributed by atoms with Crippen molar-refractivity contribution in [2.75, 3.05) is 5.32 Å². The zero-order valence-corrected chi connectivity index (χ0v) is 12.1. The van der Waals surface area contributed by atoms with Crippen molar-refractivity contribution in [1.29, 1.82) is 0 Å². The van der Waals surface area contributed by atoms with E-state index >= 15 is 0 Å². The third kappa shape index (κ3) is 2.73. The average molecular weight is 327 g/mol. The third-order valence-electron chi connectivity index (χ3n) is 3.49. The molecule has 0 aliphatic heterocycles. The molecule has 19 heavy (non-hydrogen) atoms. The predicted molar refractivity (Wildman–Crippen MR) is 75.3 cm³/mol. The van der Waals surface area contributed by atoms with E-state index in [0.717, 1.165) is 16.5 Å². The molecule has 0 radical (unpaired) electrons. The first-order valence-electron chi connectivity index (χ1n) is 6.02. The monoisotopic (exact) mass is 326 g/mol. The summed E-state index contributed by atoms with van der Waals surface area (Å²) >= 11 is 3.38. The summed E-state index contributed by atoms with van der Waals surface area (Å²) in [6, 6.07) is 4.98. The number of rotatable bonds is 3. The Balaban J connectivity index is 2.06. The van der Waals surface area contributed by atoms with E-state index in [9.17, 15) is 9.59 Å². The van der Waals surface area contributed by atoms with Crippen LogP contribution in [0.25, 0.3) is 0 Å². The molecule has 1 aromatic rings. The highest BCUT2D eigenvalue weighted by Gasteiger charge is 2.45. The van der Waals surface area contributed by atoms with Gasteiger partial charge in [-0.1, -0.05) is 22.0 Å². The van der Waals surface area contributed by atoms with E-state index in [-0.39, 0.29) is 0 Å². The molecule has 0 aromatic heterocycles. The number of carbonyl (C=O) groups is 2. The van der Waals surface area contributed by atoms with Gasteiger partial charge in [-0.15, -0.1) is 0 Å². The fourth-order valence-corrected chi connectivity index (χ4v) is 2.40. The zero-order valence-electron chi connectivity index (χ0n) is 10.5. The molecule has 6 heteroatoms. The maximum absolute atomic E-state index is 11.9. The number of nitrogens with one attached hydrogen (secondary N) is 2. The summed E-state index contributed by atoms with van der Waals surface area (Å²) in [6.07, 6.45) is 1.78. The smallest absolute Gasteiger partial charge is 0.329 e. The summed E-state index contributed by atoms with van der Waals surface area (Å²) in [5.41, 5.74) is 0.464. The minimum atomic E-state index is -1.09. The van der Waals surface area contributed by atoms with Gasteiger partial charge in [-0.25, -0.2) is 9.59 Å². The van der Waals surface area contributed by atoms with Crippen molar-refractivity contribution in [3.63, 3.8) is 0 Å². The van der Waals surface area contributed by atoms with Crippen LogP contribution in [0.3, 0.4) is 0 Å². The molecule has 1 aromatic carbocycles. The normalized spacial score (nSPS) is 16.3. The lowest BCUT2D eigenvalue weighted by Crippen LogP contribution is -2.60. The van der Waals surface area contributed by atoms with Crippen molar-refractivity contribution >= 4 is 33.6 Å². The molecule has 3 N–H and O–H groups in total. The molecule has 1 fully saturated rings. The first kappa shape index (κ1) is 13.9. The Morgan fingerprint density at radius 2 is 2.05 bits per heavy atom. The summed E-state index contributed by atoms with van der Waals surface area (Å²) in [5, 5.41) is 14.4. The number of hydrogen-bond donors (Lipinski definition) is 3. The van der Waals surface area contributed by atoms with Crippen molar-refractivity contribution in [3.8, 4) is 0 Å². The number of amides is 2. The largest absolute Gasteiger partial charge is 0.480 e. The number of urea groups is 1. The van der Waals surface area contributed by atoms with Crippen LogP contribution in [-0.4, -0.2) is 22.6 Å². The molecular weight excluding hydrogens is 312 g/mol. The molecule has 0 unspecified atom stereocenters. The first-order valence-corrected chi connectivity index (χ1v) is 6.81. The van der Waals surface area contributed by atoms with E-state index in [1.165, 1.54) is 0 Å². The van der Waals surface area contributed by atoms with Gasteiger partial charge in [-0.2, -0.15) is 0 Å². The molecule has 102 valence electrons. The van der Waals surface area contributed by atoms with Gasteiger partial charge in [-0.05, 0) is 43.9 Å². The summed E-state index contributed by atoms with van der Waals surface area (Å²) in [4.78, 5) is 23.1. The molecule has 0 saturated heterocycles. The molecule has 1 aliphatic rings. The third-order valence-corrected chi connectivity index (χ3v) is 4.34. The lowest BCUT2D eigenvalue weighted by Gasteiger charge is -2.38. The van der Waals surface area contributed by atoms with E-state index in [0.29, 0.717) is 18.5 Å². The maximum Gasteiger partial charge on any atom is 0.329 e. The molecule has 2 rings (SSSR count). The number of carboxylic acid groups (broad SMARTS) is 1. The topological polar surface area (TPSA) is 78.4 Å². The van der Waals surface area contributed by atoms with Gasteiger partial charge in [0.15, 0.2) is 0 Å². The van der Waals surface area contributed by atoms with E-state index in [2.05, 4.69) is 26.6 Å². The van der Waals surface area contributed by atoms with Gasteiger partial charge in [0.05, 0.1) is 0 Å². The molecule has 1 saturated carbocycles. The number of hydrogen-bond acceptors (Lipinski definition) is 2. The molecule has 0 spiro atoms. The molecule has 2 amide bonds. The predicted octanol–water partition coefficient (Wildman–Crippen LogP) is 2.89. The quantitative estimate of drug-likeness (QED) is 0.799. The highest BCUT2D eigenvalue weighted by Crippen LogP contribution is 2.32. The van der Waals surface area contributed by atoms with E-state index in [1.807, 2.05) is 19.1 Å². The Bertz CT molecular complexity index is 527. The second kappa shape index (κ2) is 5.21. The van der Waals surface area contributed by atoms with Gasteiger partial charge in [-0.3, -0.25) is 0 Å². The van der Waals surface area contributed by atoms with Crippen LogP contribution in [0.4, 0.5) is 10.5 Å². The van der Waals surface area contributed by atoms with Crippen LogP contribution in [0.5, 0.6) is 0 Å². The van der Waals surface area contributed by atoms with E-state index in [1.54, 1.807) is 6.07 Å². The molecule has 5 nitrogen and oxygen atoms in total. The molecule has 0 atom stereocenters. The lowest BCUT2D eigenvalue weighted by atomic mass is 9.77. The molecule has 1 aliphatic carbocycles. The van der Waals surface area contributed by atoms with Crippen LogP contribution in [0.15, 0.2) is 22.7 Å². The zero-order chi connectivity index (χ0) is 14.0. The van der Waals surface area contributed by atoms with Gasteiger partial charge >= 0.3 is 12.0 Å². The number of halogens is 1. The second-order valence-corrected chi connectivity index (χ2v) is 5.59. The SMILES string of the molecule is Cc1c(Br)cccc1NC(=O)NC1(C(=O)O)CCC1. The average Bonchev–Trinajstić information content (AvgIpc) is 2.29. The minimum Gasteiger partial charge on any atom is -0.480 e. The van der Waals surface area contributed by atoms with Crippen LogP contribution < -0.4 is 10.6 Å². The van der Waals surface area contributed by atoms with Gasteiger partial charge in [0.2, 0.25) is 0 Å². The van der Waals surface area contributed by atoms with Gasteiger partial charge < -0.3 is 15.7 Å². The highest BCUT2D eigenvalue weighted by molar-refractivity contribution is 9.10. The first-order chi connectivity index (χ1) is 8.94. The number of carbonyl (C=O) groups excluding carboxylic acids is 1. The second-order valence-electron chi connectivity index (χ2n) is 4.73. The highest BCUT2D eigenvalue weighted by atomic mass is 79.9. The Kier molecular flexibility index (Phi) is 3.80. The fraction of sp³-hybridized carbons (Fsp3) is 0.385. The number of carboxylic acids is 1. The summed E-state index contributed by atoms with van der Waals surface area (Å²) in [6.45, 7) is 1.87. The Hall–Kier alpha value is -1.56. The van der Waals surface area contributed by atoms with Crippen LogP contribution in [0.1, 0.15) is 24.8 Å². The summed E-state index contributed by atoms with van der Waals surface area (Å²) in [7, 11) is 0. The summed E-state index contributed by atoms with van der Waals surface area (Å²) < 4.78 is 0.891. The van der Waals surface area contributed by atoms with Crippen molar-refractivity contribution in [1.82, 2.24) is 5.32 Å². The van der Waals surface area contributed by atoms with Gasteiger partial charge in [0.1, 0.15) is 5.54 Å². The van der Waals surface area contributed by atoms with Gasteiger partial charge in [0, 0.05) is 10.2 Å². The lowest BCUT2D eigenvalue weighted by molar-refractivity contribution is -0.148. The number of anilines is 1. The van der Waals surface area contributed by atoms with Gasteiger partial charge in [0.25, 0.3) is 0 Å². The van der Waals surface area contributed by atoms with Crippen LogP contribution in [0, 0.1) is 6.92 Å². The standard InChI is InChI=1S/C13H15BrN2O3/c1-8-9(14)4-2-5-10(8)15-12(19)16-13(11(17)18)6-3-7-13/h2,4-5H,3,6-7H2,1H3,(H,17,18)(H2,15,16,19). The van der Waals surface area contributed by atoms with E-state index in [4.69, 9.17) is 5.11 Å². The Labute approximate surface area is 119 Å². The Morgan fingerprint density at radius 1 is 1.37 bits per heavy atom. The van der Waals surface area contributed by atoms with Crippen LogP contribution in [0.2, 0.25) is 0 Å². The summed E-state index contributed by atoms with van der Waals surface area (Å²) in [5.74, 6) is -0.972. The van der Waals surface area contributed by atoms with Crippen LogP contribution >= 0.6 is 15.9 Å². The number of aliphatic carboxylic acids is 1. The fourth-order valence-electron chi connectivity index (χ4n) is 2.04. The van der Waals surface area contributed by atoms with Crippen molar-refractivity contribution in [2.24, 2.45) is 0 Å². The van der Waals surface area contributed by atoms with Crippen molar-refractivity contribution < 1.29 is 14.7 Å². The van der Waals surface area contributed by atoms with Crippen molar-refractivity contribution in [2.45, 2.75) is 31.7 Å². The number of benzene rings is 1. The maximum atomic E-state index is 11.9. The van der Waals surface area contributed by atoms with E-state index < -0.39 is 17.5 Å². The molecule has 0 heterocycles.